The molecule has 28 heavy (non-hydrogen) atoms. The molecule has 7 heteroatoms. The van der Waals surface area contributed by atoms with E-state index in [4.69, 9.17) is 9.47 Å². The van der Waals surface area contributed by atoms with E-state index < -0.39 is 29.1 Å². The smallest absolute Gasteiger partial charge is 0.309 e. The van der Waals surface area contributed by atoms with Gasteiger partial charge in [-0.2, -0.15) is 4.73 Å². The van der Waals surface area contributed by atoms with Gasteiger partial charge in [0.1, 0.15) is 6.10 Å². The second-order valence-corrected chi connectivity index (χ2v) is 6.78. The van der Waals surface area contributed by atoms with Crippen molar-refractivity contribution in [2.75, 3.05) is 7.11 Å². The van der Waals surface area contributed by atoms with Gasteiger partial charge in [0.2, 0.25) is 11.5 Å². The zero-order valence-electron chi connectivity index (χ0n) is 16.4. The van der Waals surface area contributed by atoms with Crippen molar-refractivity contribution in [2.45, 2.75) is 39.2 Å². The Kier molecular flexibility index (Phi) is 6.98. The SMILES string of the molecule is COc1cc[n+]([O-])c(C(=O)C[C@@H](C)C(=O)O[C@@H](C)[C@@H](C)c2ccccc2)c1O. The third-order valence-corrected chi connectivity index (χ3v) is 4.75. The van der Waals surface area contributed by atoms with Crippen LogP contribution in [-0.2, 0) is 9.53 Å². The Morgan fingerprint density at radius 1 is 1.14 bits per heavy atom. The lowest BCUT2D eigenvalue weighted by atomic mass is 9.96. The van der Waals surface area contributed by atoms with E-state index in [2.05, 4.69) is 0 Å². The Morgan fingerprint density at radius 2 is 1.79 bits per heavy atom. The largest absolute Gasteiger partial charge is 0.618 e. The van der Waals surface area contributed by atoms with Crippen molar-refractivity contribution in [2.24, 2.45) is 5.92 Å². The predicted octanol–water partition coefficient (Wildman–Crippen LogP) is 2.98. The highest BCUT2D eigenvalue weighted by molar-refractivity contribution is 5.97. The number of nitrogens with zero attached hydrogens (tertiary/aromatic N) is 1. The van der Waals surface area contributed by atoms with Gasteiger partial charge in [-0.3, -0.25) is 9.59 Å². The normalized spacial score (nSPS) is 14.0. The molecule has 1 aromatic heterocycles. The number of aromatic nitrogens is 1. The van der Waals surface area contributed by atoms with Gasteiger partial charge in [0.15, 0.2) is 11.9 Å². The van der Waals surface area contributed by atoms with Crippen LogP contribution in [0.25, 0.3) is 0 Å². The van der Waals surface area contributed by atoms with Gasteiger partial charge >= 0.3 is 11.7 Å². The second-order valence-electron chi connectivity index (χ2n) is 6.78. The molecule has 1 heterocycles. The maximum Gasteiger partial charge on any atom is 0.309 e. The first kappa shape index (κ1) is 21.2. The standard InChI is InChI=1S/C21H25NO6/c1-13(12-17(23)19-20(24)18(27-4)10-11-22(19)26)21(25)28-15(3)14(2)16-8-6-5-7-9-16/h5-11,13-15,24H,12H2,1-4H3/t13-,14-,15+/m1/s1. The minimum absolute atomic E-state index is 0.0102. The van der Waals surface area contributed by atoms with Crippen LogP contribution in [0.1, 0.15) is 49.2 Å². The third kappa shape index (κ3) is 4.79. The number of esters is 1. The molecule has 7 nitrogen and oxygen atoms in total. The molecular formula is C21H25NO6. The molecule has 2 aromatic rings. The number of ketones is 1. The van der Waals surface area contributed by atoms with Crippen molar-refractivity contribution in [3.63, 3.8) is 0 Å². The number of benzene rings is 1. The molecule has 0 saturated carbocycles. The number of ether oxygens (including phenoxy) is 2. The van der Waals surface area contributed by atoms with Gasteiger partial charge in [-0.1, -0.05) is 44.2 Å². The van der Waals surface area contributed by atoms with E-state index in [0.29, 0.717) is 0 Å². The van der Waals surface area contributed by atoms with Crippen LogP contribution in [0, 0.1) is 11.1 Å². The fraction of sp³-hybridized carbons (Fsp3) is 0.381. The molecule has 150 valence electrons. The van der Waals surface area contributed by atoms with Crippen molar-refractivity contribution in [3.05, 3.63) is 59.1 Å². The van der Waals surface area contributed by atoms with Gasteiger partial charge < -0.3 is 19.8 Å². The average Bonchev–Trinajstić information content (AvgIpc) is 2.68. The first-order chi connectivity index (χ1) is 13.3. The Labute approximate surface area is 164 Å². The maximum absolute atomic E-state index is 12.5. The van der Waals surface area contributed by atoms with Crippen LogP contribution in [0.2, 0.25) is 0 Å². The van der Waals surface area contributed by atoms with Crippen LogP contribution in [-0.4, -0.2) is 30.1 Å². The molecule has 1 N–H and O–H groups in total. The molecule has 2 rings (SSSR count). The molecule has 0 aliphatic rings. The van der Waals surface area contributed by atoms with Crippen molar-refractivity contribution in [3.8, 4) is 11.5 Å². The monoisotopic (exact) mass is 387 g/mol. The summed E-state index contributed by atoms with van der Waals surface area (Å²) in [6.07, 6.45) is 0.411. The summed E-state index contributed by atoms with van der Waals surface area (Å²) in [7, 11) is 1.31. The summed E-state index contributed by atoms with van der Waals surface area (Å²) in [4.78, 5) is 24.9. The molecule has 3 atom stereocenters. The highest BCUT2D eigenvalue weighted by atomic mass is 16.5. The molecule has 0 aliphatic carbocycles. The maximum atomic E-state index is 12.5. The fourth-order valence-corrected chi connectivity index (χ4v) is 2.82. The molecule has 1 aromatic carbocycles. The quantitative estimate of drug-likeness (QED) is 0.323. The fourth-order valence-electron chi connectivity index (χ4n) is 2.82. The summed E-state index contributed by atoms with van der Waals surface area (Å²) in [5.74, 6) is -2.53. The molecule has 0 fully saturated rings. The highest BCUT2D eigenvalue weighted by Gasteiger charge is 2.30. The van der Waals surface area contributed by atoms with Gasteiger partial charge in [-0.05, 0) is 12.5 Å². The third-order valence-electron chi connectivity index (χ3n) is 4.75. The van der Waals surface area contributed by atoms with Gasteiger partial charge in [0, 0.05) is 18.4 Å². The van der Waals surface area contributed by atoms with Crippen molar-refractivity contribution >= 4 is 11.8 Å². The summed E-state index contributed by atoms with van der Waals surface area (Å²) in [6.45, 7) is 5.30. The van der Waals surface area contributed by atoms with E-state index in [0.717, 1.165) is 11.8 Å². The molecule has 0 aliphatic heterocycles. The summed E-state index contributed by atoms with van der Waals surface area (Å²) in [6, 6.07) is 10.9. The molecule has 0 unspecified atom stereocenters. The number of carbonyl (C=O) groups excluding carboxylic acids is 2. The average molecular weight is 387 g/mol. The lowest BCUT2D eigenvalue weighted by molar-refractivity contribution is -0.608. The lowest BCUT2D eigenvalue weighted by Gasteiger charge is -2.22. The number of methoxy groups -OCH3 is 1. The number of aromatic hydroxyl groups is 1. The van der Waals surface area contributed by atoms with Gasteiger partial charge in [0.25, 0.3) is 0 Å². The van der Waals surface area contributed by atoms with E-state index in [1.54, 1.807) is 13.8 Å². The zero-order valence-corrected chi connectivity index (χ0v) is 16.4. The van der Waals surface area contributed by atoms with E-state index in [1.165, 1.54) is 13.2 Å². The first-order valence-electron chi connectivity index (χ1n) is 9.04. The summed E-state index contributed by atoms with van der Waals surface area (Å²) >= 11 is 0. The van der Waals surface area contributed by atoms with Crippen LogP contribution in [0.5, 0.6) is 11.5 Å². The van der Waals surface area contributed by atoms with Crippen molar-refractivity contribution < 1.29 is 28.9 Å². The zero-order chi connectivity index (χ0) is 20.8. The molecule has 0 saturated heterocycles. The molecule has 0 amide bonds. The Hall–Kier alpha value is -3.09. The predicted molar refractivity (Wildman–Crippen MR) is 102 cm³/mol. The Morgan fingerprint density at radius 3 is 2.39 bits per heavy atom. The van der Waals surface area contributed by atoms with E-state index >= 15 is 0 Å². The second kappa shape index (κ2) is 9.21. The van der Waals surface area contributed by atoms with Crippen molar-refractivity contribution in [1.82, 2.24) is 0 Å². The summed E-state index contributed by atoms with van der Waals surface area (Å²) in [5, 5.41) is 21.9. The first-order valence-corrected chi connectivity index (χ1v) is 9.04. The van der Waals surface area contributed by atoms with Crippen LogP contribution in [0.3, 0.4) is 0 Å². The topological polar surface area (TPSA) is 99.8 Å². The number of hydrogen-bond donors (Lipinski definition) is 1. The number of carbonyl (C=O) groups is 2. The Balaban J connectivity index is 2.03. The summed E-state index contributed by atoms with van der Waals surface area (Å²) in [5.41, 5.74) is 0.588. The van der Waals surface area contributed by atoms with E-state index in [1.807, 2.05) is 37.3 Å². The van der Waals surface area contributed by atoms with Crippen LogP contribution in [0.4, 0.5) is 0 Å². The summed E-state index contributed by atoms with van der Waals surface area (Å²) < 4.78 is 10.7. The van der Waals surface area contributed by atoms with Crippen molar-refractivity contribution in [1.29, 1.82) is 0 Å². The minimum atomic E-state index is -0.775. The number of pyridine rings is 1. The van der Waals surface area contributed by atoms with Gasteiger partial charge in [0.05, 0.1) is 13.0 Å². The van der Waals surface area contributed by atoms with Crippen LogP contribution < -0.4 is 9.47 Å². The van der Waals surface area contributed by atoms with Crippen LogP contribution >= 0.6 is 0 Å². The minimum Gasteiger partial charge on any atom is -0.618 e. The number of hydrogen-bond acceptors (Lipinski definition) is 6. The van der Waals surface area contributed by atoms with Gasteiger partial charge in [-0.25, -0.2) is 0 Å². The van der Waals surface area contributed by atoms with Gasteiger partial charge in [-0.15, -0.1) is 0 Å². The Bertz CT molecular complexity index is 836. The molecule has 0 spiro atoms. The molecule has 0 bridgehead atoms. The van der Waals surface area contributed by atoms with E-state index in [9.17, 15) is 19.9 Å². The number of Topliss-reactive ketones (excluding diaryl/α,β-unsaturated/α-hetero) is 1. The highest BCUT2D eigenvalue weighted by Crippen LogP contribution is 2.28. The molecular weight excluding hydrogens is 362 g/mol. The lowest BCUT2D eigenvalue weighted by Crippen LogP contribution is -2.35. The van der Waals surface area contributed by atoms with Crippen LogP contribution in [0.15, 0.2) is 42.6 Å². The van der Waals surface area contributed by atoms with E-state index in [-0.39, 0.29) is 28.9 Å². The number of rotatable bonds is 8. The molecule has 0 radical (unpaired) electrons.